The number of aryl methyl sites for hydroxylation is 2. The number of unbranched alkanes of at least 4 members (excludes halogenated alkanes) is 11. The minimum absolute atomic E-state index is 0.210. The van der Waals surface area contributed by atoms with Gasteiger partial charge in [-0.1, -0.05) is 25.7 Å². The summed E-state index contributed by atoms with van der Waals surface area (Å²) in [6, 6.07) is 3.09. The second kappa shape index (κ2) is 19.2. The fraction of sp³-hybridized carbons (Fsp3) is 0.778. The first kappa shape index (κ1) is 39.5. The van der Waals surface area contributed by atoms with E-state index in [0.29, 0.717) is 13.1 Å². The number of rotatable bonds is 23. The van der Waals surface area contributed by atoms with E-state index in [0.717, 1.165) is 46.0 Å². The van der Waals surface area contributed by atoms with Gasteiger partial charge in [-0.3, -0.25) is 27.9 Å². The molecule has 2 aromatic rings. The van der Waals surface area contributed by atoms with Crippen LogP contribution in [0.2, 0.25) is 0 Å². The molecule has 0 aliphatic rings. The van der Waals surface area contributed by atoms with Crippen molar-refractivity contribution in [1.82, 2.24) is 18.3 Å². The molecule has 0 aliphatic heterocycles. The van der Waals surface area contributed by atoms with Gasteiger partial charge in [-0.15, -0.1) is 0 Å². The Kier molecular flexibility index (Phi) is 16.5. The van der Waals surface area contributed by atoms with E-state index in [4.69, 9.17) is 0 Å². The smallest absolute Gasteiger partial charge is 0.328 e. The predicted molar refractivity (Wildman–Crippen MR) is 190 cm³/mol. The van der Waals surface area contributed by atoms with Gasteiger partial charge in [0.2, 0.25) is 0 Å². The van der Waals surface area contributed by atoms with Crippen molar-refractivity contribution >= 4 is 0 Å². The molecule has 0 aliphatic carbocycles. The summed E-state index contributed by atoms with van der Waals surface area (Å²) in [7, 11) is 12.5. The lowest BCUT2D eigenvalue weighted by Gasteiger charge is -2.31. The van der Waals surface area contributed by atoms with E-state index in [2.05, 4.69) is 28.2 Å². The van der Waals surface area contributed by atoms with Crippen LogP contribution in [0.25, 0.3) is 0 Å². The van der Waals surface area contributed by atoms with E-state index in [-0.39, 0.29) is 22.5 Å². The Morgan fingerprint density at radius 2 is 0.717 bits per heavy atom. The van der Waals surface area contributed by atoms with Gasteiger partial charge in [0, 0.05) is 50.7 Å². The van der Waals surface area contributed by atoms with Crippen LogP contribution in [0.3, 0.4) is 0 Å². The van der Waals surface area contributed by atoms with Crippen LogP contribution in [0.15, 0.2) is 31.3 Å². The molecular weight excluding hydrogens is 580 g/mol. The first-order valence-electron chi connectivity index (χ1n) is 17.8. The van der Waals surface area contributed by atoms with Crippen molar-refractivity contribution in [2.75, 3.05) is 54.4 Å². The van der Waals surface area contributed by atoms with Gasteiger partial charge in [-0.2, -0.15) is 0 Å². The molecule has 2 heterocycles. The van der Waals surface area contributed by atoms with Crippen LogP contribution in [0.5, 0.6) is 0 Å². The van der Waals surface area contributed by atoms with Gasteiger partial charge in [0.25, 0.3) is 11.1 Å². The van der Waals surface area contributed by atoms with Crippen molar-refractivity contribution in [1.29, 1.82) is 0 Å². The van der Waals surface area contributed by atoms with Gasteiger partial charge in [0.1, 0.15) is 0 Å². The Balaban J connectivity index is 1.47. The lowest BCUT2D eigenvalue weighted by molar-refractivity contribution is -0.891. The third-order valence-electron chi connectivity index (χ3n) is 9.78. The van der Waals surface area contributed by atoms with Crippen molar-refractivity contribution in [2.45, 2.75) is 117 Å². The van der Waals surface area contributed by atoms with Crippen LogP contribution in [0.1, 0.15) is 101 Å². The zero-order valence-electron chi connectivity index (χ0n) is 30.6. The molecule has 0 spiro atoms. The van der Waals surface area contributed by atoms with E-state index >= 15 is 0 Å². The lowest BCUT2D eigenvalue weighted by atomic mass is 10.1. The Bertz CT molecular complexity index is 1340. The first-order chi connectivity index (χ1) is 21.6. The van der Waals surface area contributed by atoms with Crippen LogP contribution in [0.4, 0.5) is 0 Å². The fourth-order valence-corrected chi connectivity index (χ4v) is 6.44. The van der Waals surface area contributed by atoms with E-state index in [1.807, 2.05) is 13.8 Å². The number of hydrogen-bond donors (Lipinski definition) is 0. The van der Waals surface area contributed by atoms with Crippen molar-refractivity contribution in [3.05, 3.63) is 65.2 Å². The summed E-state index contributed by atoms with van der Waals surface area (Å²) in [6.45, 7) is 9.95. The molecule has 0 saturated heterocycles. The highest BCUT2D eigenvalue weighted by Gasteiger charge is 2.16. The molecule has 0 unspecified atom stereocenters. The van der Waals surface area contributed by atoms with Crippen molar-refractivity contribution in [3.8, 4) is 0 Å². The number of aromatic nitrogens is 4. The van der Waals surface area contributed by atoms with Gasteiger partial charge in [0.15, 0.2) is 0 Å². The van der Waals surface area contributed by atoms with Gasteiger partial charge in [-0.25, -0.2) is 9.59 Å². The molecule has 0 aromatic carbocycles. The Morgan fingerprint density at radius 3 is 1.02 bits per heavy atom. The molecule has 10 heteroatoms. The zero-order valence-corrected chi connectivity index (χ0v) is 30.6. The molecule has 0 fully saturated rings. The monoisotopic (exact) mass is 647 g/mol. The standard InChI is InChI=1S/C36H66N6O4/c1-31-29-33(43)37(3)35(45)39(31)23-17-11-9-13-19-25-41(5,6)27-21-15-16-22-28-42(7,8)26-20-14-10-12-18-24-40-32(2)30-34(44)38(4)36(40)46/h29-30H,9-28H2,1-8H3/q+2. The molecule has 0 radical (unpaired) electrons. The van der Waals surface area contributed by atoms with Crippen molar-refractivity contribution in [2.24, 2.45) is 14.1 Å². The van der Waals surface area contributed by atoms with Gasteiger partial charge < -0.3 is 8.97 Å². The topological polar surface area (TPSA) is 88.0 Å². The summed E-state index contributed by atoms with van der Waals surface area (Å²) in [5.41, 5.74) is 0.614. The molecule has 2 aromatic heterocycles. The minimum Gasteiger partial charge on any atom is -0.328 e. The normalized spacial score (nSPS) is 12.3. The SMILES string of the molecule is Cc1cc(=O)n(C)c(=O)n1CCCCCCC[N+](C)(C)CCCCCC[N+](C)(C)CCCCCCCn1c(C)cc(=O)n(C)c1=O. The maximum atomic E-state index is 12.3. The quantitative estimate of drug-likeness (QED) is 0.133. The first-order valence-corrected chi connectivity index (χ1v) is 17.8. The average Bonchev–Trinajstić information content (AvgIpc) is 2.98. The van der Waals surface area contributed by atoms with Gasteiger partial charge in [-0.05, 0) is 78.1 Å². The minimum atomic E-state index is -0.234. The van der Waals surface area contributed by atoms with Crippen LogP contribution >= 0.6 is 0 Å². The molecule has 2 rings (SSSR count). The van der Waals surface area contributed by atoms with Crippen molar-refractivity contribution in [3.63, 3.8) is 0 Å². The maximum Gasteiger partial charge on any atom is 0.330 e. The number of quaternary nitrogens is 2. The highest BCUT2D eigenvalue weighted by Crippen LogP contribution is 2.13. The molecule has 0 amide bonds. The largest absolute Gasteiger partial charge is 0.330 e. The maximum absolute atomic E-state index is 12.3. The fourth-order valence-electron chi connectivity index (χ4n) is 6.44. The van der Waals surface area contributed by atoms with E-state index in [1.165, 1.54) is 99.5 Å². The van der Waals surface area contributed by atoms with E-state index in [9.17, 15) is 19.2 Å². The Morgan fingerprint density at radius 1 is 0.457 bits per heavy atom. The van der Waals surface area contributed by atoms with Gasteiger partial charge in [0.05, 0.1) is 54.4 Å². The third kappa shape index (κ3) is 13.6. The van der Waals surface area contributed by atoms with E-state index in [1.54, 1.807) is 35.4 Å². The predicted octanol–water partition coefficient (Wildman–Crippen LogP) is 4.34. The summed E-state index contributed by atoms with van der Waals surface area (Å²) < 4.78 is 8.00. The summed E-state index contributed by atoms with van der Waals surface area (Å²) in [5.74, 6) is 0. The molecule has 0 bridgehead atoms. The lowest BCUT2D eigenvalue weighted by Crippen LogP contribution is -2.41. The Labute approximate surface area is 277 Å². The second-order valence-corrected chi connectivity index (χ2v) is 15.0. The highest BCUT2D eigenvalue weighted by atomic mass is 16.2. The summed E-state index contributed by atoms with van der Waals surface area (Å²) >= 11 is 0. The van der Waals surface area contributed by atoms with Crippen LogP contribution < -0.4 is 22.5 Å². The summed E-state index contributed by atoms with van der Waals surface area (Å²) in [5, 5.41) is 0. The van der Waals surface area contributed by atoms with Crippen LogP contribution in [0, 0.1) is 13.8 Å². The average molecular weight is 647 g/mol. The van der Waals surface area contributed by atoms with E-state index < -0.39 is 0 Å². The zero-order chi connectivity index (χ0) is 34.3. The molecule has 0 atom stereocenters. The highest BCUT2D eigenvalue weighted by molar-refractivity contribution is 5.00. The Hall–Kier alpha value is -2.72. The number of nitrogens with zero attached hydrogens (tertiary/aromatic N) is 6. The molecule has 10 nitrogen and oxygen atoms in total. The molecule has 0 N–H and O–H groups in total. The van der Waals surface area contributed by atoms with Crippen LogP contribution in [-0.4, -0.2) is 81.6 Å². The van der Waals surface area contributed by atoms with Crippen molar-refractivity contribution < 1.29 is 8.97 Å². The molecule has 0 saturated carbocycles. The molecular formula is C36H66N6O4+2. The second-order valence-electron chi connectivity index (χ2n) is 15.0. The third-order valence-corrected chi connectivity index (χ3v) is 9.78. The number of hydrogen-bond acceptors (Lipinski definition) is 4. The summed E-state index contributed by atoms with van der Waals surface area (Å²) in [6.07, 6.45) is 16.7. The van der Waals surface area contributed by atoms with Gasteiger partial charge >= 0.3 is 11.4 Å². The molecule has 46 heavy (non-hydrogen) atoms. The summed E-state index contributed by atoms with van der Waals surface area (Å²) in [4.78, 5) is 48.1. The molecule has 262 valence electrons. The van der Waals surface area contributed by atoms with Crippen LogP contribution in [-0.2, 0) is 27.2 Å².